The van der Waals surface area contributed by atoms with Gasteiger partial charge in [0.25, 0.3) is 0 Å². The maximum Gasteiger partial charge on any atom is 0.00167 e. The molecule has 0 aliphatic carbocycles. The van der Waals surface area contributed by atoms with Crippen molar-refractivity contribution in [3.8, 4) is 0 Å². The fourth-order valence-corrected chi connectivity index (χ4v) is 1.60. The molecular formula is C10H22S. The van der Waals surface area contributed by atoms with Crippen LogP contribution in [0.4, 0.5) is 0 Å². The van der Waals surface area contributed by atoms with E-state index in [1.165, 1.54) is 6.42 Å². The SMILES string of the molecule is CCC(C)C(C)C(C)C(C)S. The van der Waals surface area contributed by atoms with Crippen LogP contribution in [-0.4, -0.2) is 5.25 Å². The Hall–Kier alpha value is 0.350. The zero-order valence-corrected chi connectivity index (χ0v) is 9.36. The molecule has 0 aliphatic rings. The Balaban J connectivity index is 3.90. The van der Waals surface area contributed by atoms with E-state index >= 15 is 0 Å². The lowest BCUT2D eigenvalue weighted by Gasteiger charge is -2.27. The zero-order valence-electron chi connectivity index (χ0n) is 8.46. The van der Waals surface area contributed by atoms with E-state index in [2.05, 4.69) is 47.2 Å². The average molecular weight is 174 g/mol. The Labute approximate surface area is 77.2 Å². The normalized spacial score (nSPS) is 22.4. The van der Waals surface area contributed by atoms with Gasteiger partial charge in [-0.25, -0.2) is 0 Å². The Morgan fingerprint density at radius 1 is 1.00 bits per heavy atom. The van der Waals surface area contributed by atoms with Gasteiger partial charge in [-0.3, -0.25) is 0 Å². The van der Waals surface area contributed by atoms with Crippen molar-refractivity contribution in [1.82, 2.24) is 0 Å². The van der Waals surface area contributed by atoms with Crippen molar-refractivity contribution in [3.63, 3.8) is 0 Å². The Bertz CT molecular complexity index is 99.0. The first kappa shape index (κ1) is 11.4. The molecule has 0 heterocycles. The van der Waals surface area contributed by atoms with Crippen LogP contribution in [0.1, 0.15) is 41.0 Å². The highest BCUT2D eigenvalue weighted by molar-refractivity contribution is 7.80. The summed E-state index contributed by atoms with van der Waals surface area (Å²) in [7, 11) is 0. The summed E-state index contributed by atoms with van der Waals surface area (Å²) in [5, 5.41) is 0.527. The van der Waals surface area contributed by atoms with Crippen LogP contribution in [0.15, 0.2) is 0 Å². The predicted octanol–water partition coefficient (Wildman–Crippen LogP) is 3.62. The van der Waals surface area contributed by atoms with Crippen molar-refractivity contribution in [2.24, 2.45) is 17.8 Å². The van der Waals surface area contributed by atoms with Gasteiger partial charge in [0, 0.05) is 5.25 Å². The van der Waals surface area contributed by atoms with Gasteiger partial charge in [-0.05, 0) is 17.8 Å². The number of rotatable bonds is 4. The Morgan fingerprint density at radius 2 is 1.45 bits per heavy atom. The second kappa shape index (κ2) is 5.08. The first-order chi connectivity index (χ1) is 5.00. The van der Waals surface area contributed by atoms with Gasteiger partial charge in [0.1, 0.15) is 0 Å². The smallest absolute Gasteiger partial charge is 0.00167 e. The van der Waals surface area contributed by atoms with E-state index in [0.29, 0.717) is 5.25 Å². The monoisotopic (exact) mass is 174 g/mol. The molecular weight excluding hydrogens is 152 g/mol. The van der Waals surface area contributed by atoms with Crippen LogP contribution in [0, 0.1) is 17.8 Å². The molecule has 0 amide bonds. The molecule has 0 aromatic rings. The van der Waals surface area contributed by atoms with Gasteiger partial charge in [-0.1, -0.05) is 41.0 Å². The minimum Gasteiger partial charge on any atom is -0.176 e. The van der Waals surface area contributed by atoms with Crippen LogP contribution in [0.3, 0.4) is 0 Å². The maximum absolute atomic E-state index is 4.47. The maximum atomic E-state index is 4.47. The molecule has 0 fully saturated rings. The van der Waals surface area contributed by atoms with Crippen LogP contribution in [-0.2, 0) is 0 Å². The summed E-state index contributed by atoms with van der Waals surface area (Å²) in [4.78, 5) is 0. The molecule has 0 aromatic heterocycles. The van der Waals surface area contributed by atoms with E-state index in [9.17, 15) is 0 Å². The molecule has 0 bridgehead atoms. The molecule has 11 heavy (non-hydrogen) atoms. The summed E-state index contributed by atoms with van der Waals surface area (Å²) in [5.41, 5.74) is 0. The third-order valence-corrected chi connectivity index (χ3v) is 3.60. The van der Waals surface area contributed by atoms with Crippen LogP contribution in [0.2, 0.25) is 0 Å². The molecule has 0 aliphatic heterocycles. The molecule has 0 spiro atoms. The van der Waals surface area contributed by atoms with Crippen molar-refractivity contribution in [1.29, 1.82) is 0 Å². The topological polar surface area (TPSA) is 0 Å². The first-order valence-corrected chi connectivity index (χ1v) is 5.20. The second-order valence-electron chi connectivity index (χ2n) is 3.84. The van der Waals surface area contributed by atoms with Crippen molar-refractivity contribution >= 4 is 12.6 Å². The van der Waals surface area contributed by atoms with E-state index in [1.807, 2.05) is 0 Å². The lowest BCUT2D eigenvalue weighted by Crippen LogP contribution is -2.22. The fraction of sp³-hybridized carbons (Fsp3) is 1.00. The molecule has 0 nitrogen and oxygen atoms in total. The highest BCUT2D eigenvalue weighted by Gasteiger charge is 2.20. The Kier molecular flexibility index (Phi) is 5.24. The van der Waals surface area contributed by atoms with Gasteiger partial charge in [0.05, 0.1) is 0 Å². The summed E-state index contributed by atoms with van der Waals surface area (Å²) in [6.07, 6.45) is 1.28. The fourth-order valence-electron chi connectivity index (χ4n) is 1.33. The van der Waals surface area contributed by atoms with Crippen LogP contribution in [0.25, 0.3) is 0 Å². The summed E-state index contributed by atoms with van der Waals surface area (Å²) >= 11 is 4.47. The molecule has 0 N–H and O–H groups in total. The molecule has 4 unspecified atom stereocenters. The van der Waals surface area contributed by atoms with Gasteiger partial charge in [0.15, 0.2) is 0 Å². The lowest BCUT2D eigenvalue weighted by molar-refractivity contribution is 0.272. The number of hydrogen-bond donors (Lipinski definition) is 1. The largest absolute Gasteiger partial charge is 0.176 e. The number of hydrogen-bond acceptors (Lipinski definition) is 1. The minimum absolute atomic E-state index is 0.527. The van der Waals surface area contributed by atoms with Crippen molar-refractivity contribution in [2.75, 3.05) is 0 Å². The van der Waals surface area contributed by atoms with Gasteiger partial charge >= 0.3 is 0 Å². The molecule has 68 valence electrons. The third kappa shape index (κ3) is 3.50. The van der Waals surface area contributed by atoms with E-state index in [4.69, 9.17) is 0 Å². The van der Waals surface area contributed by atoms with Crippen LogP contribution in [0.5, 0.6) is 0 Å². The highest BCUT2D eigenvalue weighted by Crippen LogP contribution is 2.27. The van der Waals surface area contributed by atoms with Gasteiger partial charge < -0.3 is 0 Å². The predicted molar refractivity (Wildman–Crippen MR) is 56.2 cm³/mol. The summed E-state index contributed by atoms with van der Waals surface area (Å²) in [5.74, 6) is 2.36. The Morgan fingerprint density at radius 3 is 1.73 bits per heavy atom. The summed E-state index contributed by atoms with van der Waals surface area (Å²) in [6, 6.07) is 0. The van der Waals surface area contributed by atoms with Crippen molar-refractivity contribution in [3.05, 3.63) is 0 Å². The van der Waals surface area contributed by atoms with Crippen molar-refractivity contribution < 1.29 is 0 Å². The summed E-state index contributed by atoms with van der Waals surface area (Å²) < 4.78 is 0. The molecule has 0 rings (SSSR count). The average Bonchev–Trinajstić information content (AvgIpc) is 2.00. The van der Waals surface area contributed by atoms with E-state index in [-0.39, 0.29) is 0 Å². The molecule has 1 heteroatoms. The molecule has 0 saturated heterocycles. The second-order valence-corrected chi connectivity index (χ2v) is 4.66. The van der Waals surface area contributed by atoms with E-state index < -0.39 is 0 Å². The molecule has 0 radical (unpaired) electrons. The van der Waals surface area contributed by atoms with Gasteiger partial charge in [-0.2, -0.15) is 12.6 Å². The van der Waals surface area contributed by atoms with Crippen LogP contribution >= 0.6 is 12.6 Å². The quantitative estimate of drug-likeness (QED) is 0.618. The third-order valence-electron chi connectivity index (χ3n) is 3.13. The highest BCUT2D eigenvalue weighted by atomic mass is 32.1. The molecule has 0 saturated carbocycles. The molecule has 0 aromatic carbocycles. The van der Waals surface area contributed by atoms with Gasteiger partial charge in [0.2, 0.25) is 0 Å². The lowest BCUT2D eigenvalue weighted by atomic mass is 9.82. The number of thiol groups is 1. The first-order valence-electron chi connectivity index (χ1n) is 4.68. The zero-order chi connectivity index (χ0) is 9.02. The molecule has 4 atom stereocenters. The minimum atomic E-state index is 0.527. The summed E-state index contributed by atoms with van der Waals surface area (Å²) in [6.45, 7) is 11.4. The van der Waals surface area contributed by atoms with E-state index in [0.717, 1.165) is 17.8 Å². The van der Waals surface area contributed by atoms with Gasteiger partial charge in [-0.15, -0.1) is 0 Å². The van der Waals surface area contributed by atoms with E-state index in [1.54, 1.807) is 0 Å². The van der Waals surface area contributed by atoms with Crippen molar-refractivity contribution in [2.45, 2.75) is 46.3 Å². The van der Waals surface area contributed by atoms with Crippen LogP contribution < -0.4 is 0 Å². The standard InChI is InChI=1S/C10H22S/c1-6-7(2)8(3)9(4)10(5)11/h7-11H,6H2,1-5H3.